The largest absolute Gasteiger partial charge is 0.359 e. The van der Waals surface area contributed by atoms with Gasteiger partial charge >= 0.3 is 0 Å². The van der Waals surface area contributed by atoms with Crippen molar-refractivity contribution in [3.05, 3.63) is 59.2 Å². The molecule has 0 radical (unpaired) electrons. The summed E-state index contributed by atoms with van der Waals surface area (Å²) in [5.41, 5.74) is 8.87. The Balaban J connectivity index is 2.00. The fourth-order valence-corrected chi connectivity index (χ4v) is 4.14. The number of aromatic nitrogens is 1. The molecule has 1 aliphatic carbocycles. The van der Waals surface area contributed by atoms with E-state index >= 15 is 0 Å². The van der Waals surface area contributed by atoms with Gasteiger partial charge in [-0.2, -0.15) is 0 Å². The van der Waals surface area contributed by atoms with Crippen molar-refractivity contribution in [2.75, 3.05) is 11.9 Å². The minimum atomic E-state index is -0.0905. The lowest BCUT2D eigenvalue weighted by Gasteiger charge is -2.33. The fourth-order valence-electron chi connectivity index (χ4n) is 4.14. The molecule has 1 aromatic carbocycles. The number of benzene rings is 1. The second-order valence-electron chi connectivity index (χ2n) is 7.63. The molecule has 124 valence electrons. The third-order valence-corrected chi connectivity index (χ3v) is 5.63. The average molecular weight is 319 g/mol. The number of nitrogens with zero attached hydrogens (tertiary/aromatic N) is 3. The number of anilines is 1. The summed E-state index contributed by atoms with van der Waals surface area (Å²) in [5, 5.41) is 0. The fraction of sp³-hybridized carbons (Fsp3) is 0.381. The Morgan fingerprint density at radius 2 is 1.71 bits per heavy atom. The molecule has 0 spiro atoms. The summed E-state index contributed by atoms with van der Waals surface area (Å²) < 4.78 is 0. The van der Waals surface area contributed by atoms with E-state index in [1.165, 1.54) is 33.6 Å². The zero-order chi connectivity index (χ0) is 17.2. The van der Waals surface area contributed by atoms with Gasteiger partial charge in [0.2, 0.25) is 0 Å². The van der Waals surface area contributed by atoms with Crippen LogP contribution in [0.3, 0.4) is 0 Å². The summed E-state index contributed by atoms with van der Waals surface area (Å²) in [4.78, 5) is 9.55. The van der Waals surface area contributed by atoms with Gasteiger partial charge in [-0.3, -0.25) is 4.98 Å². The van der Waals surface area contributed by atoms with Crippen LogP contribution in [-0.2, 0) is 5.41 Å². The summed E-state index contributed by atoms with van der Waals surface area (Å²) >= 11 is 0. The normalized spacial score (nSPS) is 20.5. The Bertz CT molecular complexity index is 864. The molecular weight excluding hydrogens is 294 g/mol. The maximum atomic E-state index is 4.91. The number of rotatable bonds is 1. The first-order valence-electron chi connectivity index (χ1n) is 8.63. The molecule has 2 aliphatic rings. The zero-order valence-electron chi connectivity index (χ0n) is 15.4. The Kier molecular flexibility index (Phi) is 3.08. The van der Waals surface area contributed by atoms with E-state index in [0.717, 1.165) is 5.69 Å². The van der Waals surface area contributed by atoms with E-state index < -0.39 is 0 Å². The maximum absolute atomic E-state index is 4.91. The van der Waals surface area contributed by atoms with Crippen molar-refractivity contribution in [3.63, 3.8) is 0 Å². The third-order valence-electron chi connectivity index (χ3n) is 5.63. The Labute approximate surface area is 144 Å². The van der Waals surface area contributed by atoms with Crippen molar-refractivity contribution >= 4 is 5.69 Å². The van der Waals surface area contributed by atoms with Gasteiger partial charge in [0, 0.05) is 36.1 Å². The highest BCUT2D eigenvalue weighted by Crippen LogP contribution is 2.53. The summed E-state index contributed by atoms with van der Waals surface area (Å²) in [7, 11) is 2.13. The van der Waals surface area contributed by atoms with E-state index in [4.69, 9.17) is 4.98 Å². The van der Waals surface area contributed by atoms with Crippen molar-refractivity contribution in [2.24, 2.45) is 0 Å². The molecule has 24 heavy (non-hydrogen) atoms. The number of pyridine rings is 1. The van der Waals surface area contributed by atoms with Gasteiger partial charge in [-0.05, 0) is 43.5 Å². The predicted octanol–water partition coefficient (Wildman–Crippen LogP) is 4.57. The lowest BCUT2D eigenvalue weighted by atomic mass is 9.82. The minimum Gasteiger partial charge on any atom is -0.359 e. The molecular formula is C21H25N3. The van der Waals surface area contributed by atoms with Gasteiger partial charge in [0.15, 0.2) is 0 Å². The van der Waals surface area contributed by atoms with Crippen LogP contribution in [0.4, 0.5) is 5.69 Å². The topological polar surface area (TPSA) is 19.4 Å². The van der Waals surface area contributed by atoms with Crippen molar-refractivity contribution in [3.8, 4) is 11.1 Å². The van der Waals surface area contributed by atoms with E-state index in [0.29, 0.717) is 6.17 Å². The molecule has 0 saturated carbocycles. The van der Waals surface area contributed by atoms with Crippen LogP contribution < -0.4 is 4.90 Å². The lowest BCUT2D eigenvalue weighted by Crippen LogP contribution is -2.35. The second-order valence-corrected chi connectivity index (χ2v) is 7.63. The summed E-state index contributed by atoms with van der Waals surface area (Å²) in [6.45, 7) is 11.1. The van der Waals surface area contributed by atoms with Gasteiger partial charge in [0.1, 0.15) is 6.17 Å². The standard InChI is InChI=1S/C21H25N3/c1-13-7-9-16-17-10-8-14(2)22-20(17)21(4,5)18(16)19(13)24-12-11-23(6)15(24)3/h7-12,15H,1-6H3/t15-/m0/s1. The monoisotopic (exact) mass is 319 g/mol. The maximum Gasteiger partial charge on any atom is 0.102 e. The summed E-state index contributed by atoms with van der Waals surface area (Å²) in [6, 6.07) is 8.88. The van der Waals surface area contributed by atoms with Crippen molar-refractivity contribution < 1.29 is 0 Å². The predicted molar refractivity (Wildman–Crippen MR) is 100 cm³/mol. The molecule has 3 nitrogen and oxygen atoms in total. The van der Waals surface area contributed by atoms with Crippen LogP contribution in [-0.4, -0.2) is 23.1 Å². The Hall–Kier alpha value is -2.29. The van der Waals surface area contributed by atoms with Crippen molar-refractivity contribution in [1.82, 2.24) is 9.88 Å². The number of hydrogen-bond donors (Lipinski definition) is 0. The molecule has 1 aromatic heterocycles. The first-order chi connectivity index (χ1) is 11.3. The van der Waals surface area contributed by atoms with Gasteiger partial charge in [0.25, 0.3) is 0 Å². The molecule has 0 fully saturated rings. The van der Waals surface area contributed by atoms with Crippen LogP contribution in [0.5, 0.6) is 0 Å². The number of fused-ring (bicyclic) bond motifs is 3. The second kappa shape index (κ2) is 4.85. The lowest BCUT2D eigenvalue weighted by molar-refractivity contribution is 0.382. The van der Waals surface area contributed by atoms with Crippen molar-refractivity contribution in [1.29, 1.82) is 0 Å². The molecule has 0 saturated heterocycles. The SMILES string of the molecule is Cc1ccc2c(n1)C(C)(C)c1c-2ccc(C)c1N1C=CN(C)[C@@H]1C. The van der Waals surface area contributed by atoms with E-state index in [1.54, 1.807) is 0 Å². The third kappa shape index (κ3) is 1.87. The smallest absolute Gasteiger partial charge is 0.102 e. The Morgan fingerprint density at radius 1 is 1.00 bits per heavy atom. The molecule has 2 heterocycles. The molecule has 0 bridgehead atoms. The van der Waals surface area contributed by atoms with E-state index in [-0.39, 0.29) is 5.41 Å². The van der Waals surface area contributed by atoms with Crippen LogP contribution in [0.15, 0.2) is 36.7 Å². The molecule has 1 atom stereocenters. The van der Waals surface area contributed by atoms with Gasteiger partial charge in [-0.1, -0.05) is 32.0 Å². The van der Waals surface area contributed by atoms with Crippen LogP contribution in [0.1, 0.15) is 43.3 Å². The molecule has 0 N–H and O–H groups in total. The van der Waals surface area contributed by atoms with Crippen LogP contribution >= 0.6 is 0 Å². The molecule has 3 heteroatoms. The number of hydrogen-bond acceptors (Lipinski definition) is 3. The van der Waals surface area contributed by atoms with E-state index in [1.807, 2.05) is 0 Å². The van der Waals surface area contributed by atoms with Crippen LogP contribution in [0, 0.1) is 13.8 Å². The van der Waals surface area contributed by atoms with Gasteiger partial charge in [-0.25, -0.2) is 0 Å². The highest BCUT2D eigenvalue weighted by Gasteiger charge is 2.41. The summed E-state index contributed by atoms with van der Waals surface area (Å²) in [6.07, 6.45) is 4.68. The van der Waals surface area contributed by atoms with Gasteiger partial charge in [-0.15, -0.1) is 0 Å². The average Bonchev–Trinajstić information content (AvgIpc) is 2.97. The van der Waals surface area contributed by atoms with Crippen LogP contribution in [0.2, 0.25) is 0 Å². The molecule has 1 aliphatic heterocycles. The molecule has 0 amide bonds. The van der Waals surface area contributed by atoms with Gasteiger partial charge in [0.05, 0.1) is 11.4 Å². The summed E-state index contributed by atoms with van der Waals surface area (Å²) in [5.74, 6) is 0. The Morgan fingerprint density at radius 3 is 2.38 bits per heavy atom. The van der Waals surface area contributed by atoms with E-state index in [9.17, 15) is 0 Å². The molecule has 2 aromatic rings. The highest BCUT2D eigenvalue weighted by molar-refractivity contribution is 5.87. The number of aryl methyl sites for hydroxylation is 2. The first-order valence-corrected chi connectivity index (χ1v) is 8.63. The minimum absolute atomic E-state index is 0.0905. The quantitative estimate of drug-likeness (QED) is 0.767. The van der Waals surface area contributed by atoms with E-state index in [2.05, 4.69) is 88.1 Å². The molecule has 0 unspecified atom stereocenters. The van der Waals surface area contributed by atoms with Gasteiger partial charge < -0.3 is 9.80 Å². The highest BCUT2D eigenvalue weighted by atomic mass is 15.4. The zero-order valence-corrected chi connectivity index (χ0v) is 15.4. The van der Waals surface area contributed by atoms with Crippen molar-refractivity contribution in [2.45, 2.75) is 46.2 Å². The molecule has 4 rings (SSSR count). The first kappa shape index (κ1) is 15.3. The van der Waals surface area contributed by atoms with Crippen LogP contribution in [0.25, 0.3) is 11.1 Å².